The highest BCUT2D eigenvalue weighted by molar-refractivity contribution is 14.0. The highest BCUT2D eigenvalue weighted by Crippen LogP contribution is 2.18. The second kappa shape index (κ2) is 12.7. The zero-order valence-corrected chi connectivity index (χ0v) is 19.4. The van der Waals surface area contributed by atoms with Crippen LogP contribution in [0.1, 0.15) is 25.0 Å². The molecule has 0 amide bonds. The number of likely N-dealkylation sites (tertiary alicyclic amines) is 1. The quantitative estimate of drug-likeness (QED) is 0.258. The molecule has 0 radical (unpaired) electrons. The van der Waals surface area contributed by atoms with Crippen LogP contribution in [0.4, 0.5) is 5.13 Å². The van der Waals surface area contributed by atoms with E-state index in [1.54, 1.807) is 18.4 Å². The minimum absolute atomic E-state index is 0. The molecule has 1 N–H and O–H groups in total. The number of halogens is 1. The zero-order chi connectivity index (χ0) is 18.1. The Bertz CT molecular complexity index is 533. The maximum Gasteiger partial charge on any atom is 0.193 e. The number of nitrogens with one attached hydrogen (secondary N) is 1. The molecule has 1 aromatic heterocycles. The van der Waals surface area contributed by atoms with Crippen molar-refractivity contribution in [1.82, 2.24) is 15.2 Å². The van der Waals surface area contributed by atoms with Gasteiger partial charge < -0.3 is 24.6 Å². The molecule has 7 nitrogen and oxygen atoms in total. The predicted octanol–water partition coefficient (Wildman–Crippen LogP) is 2.42. The van der Waals surface area contributed by atoms with Crippen molar-refractivity contribution in [3.63, 3.8) is 0 Å². The highest BCUT2D eigenvalue weighted by Gasteiger charge is 2.21. The van der Waals surface area contributed by atoms with Gasteiger partial charge in [-0.1, -0.05) is 0 Å². The third kappa shape index (κ3) is 7.53. The molecule has 2 heterocycles. The van der Waals surface area contributed by atoms with Gasteiger partial charge in [0.2, 0.25) is 0 Å². The van der Waals surface area contributed by atoms with Crippen molar-refractivity contribution in [3.8, 4) is 0 Å². The number of guanidine groups is 1. The summed E-state index contributed by atoms with van der Waals surface area (Å²) in [6.07, 6.45) is 3.39. The second-order valence-electron chi connectivity index (χ2n) is 6.32. The maximum absolute atomic E-state index is 5.92. The van der Waals surface area contributed by atoms with E-state index in [-0.39, 0.29) is 24.0 Å². The first kappa shape index (κ1) is 23.4. The molecule has 1 aliphatic heterocycles. The SMILES string of the molecule is CN=C(NCc1csc(N(C)C)n1)N1CCC(OCCCOC)CC1.I. The smallest absolute Gasteiger partial charge is 0.193 e. The lowest BCUT2D eigenvalue weighted by Gasteiger charge is -2.34. The monoisotopic (exact) mass is 497 g/mol. The highest BCUT2D eigenvalue weighted by atomic mass is 127. The van der Waals surface area contributed by atoms with Crippen LogP contribution in [0.15, 0.2) is 10.4 Å². The van der Waals surface area contributed by atoms with E-state index in [0.717, 1.165) is 62.4 Å². The molecule has 1 aliphatic rings. The molecule has 1 fully saturated rings. The van der Waals surface area contributed by atoms with Crippen LogP contribution in [0.25, 0.3) is 0 Å². The lowest BCUT2D eigenvalue weighted by Crippen LogP contribution is -2.46. The van der Waals surface area contributed by atoms with Gasteiger partial charge in [0.25, 0.3) is 0 Å². The Morgan fingerprint density at radius 3 is 2.69 bits per heavy atom. The number of anilines is 1. The van der Waals surface area contributed by atoms with Gasteiger partial charge in [0.1, 0.15) is 0 Å². The standard InChI is InChI=1S/C17H31N5O2S.HI/c1-18-16(19-12-14-13-25-17(20-14)21(2)3)22-8-6-15(7-9-22)24-11-5-10-23-4;/h13,15H,5-12H2,1-4H3,(H,18,19);1H. The summed E-state index contributed by atoms with van der Waals surface area (Å²) in [5, 5.41) is 6.55. The average molecular weight is 497 g/mol. The normalized spacial score (nSPS) is 15.7. The van der Waals surface area contributed by atoms with Crippen LogP contribution >= 0.6 is 35.3 Å². The van der Waals surface area contributed by atoms with Crippen molar-refractivity contribution >= 4 is 46.4 Å². The van der Waals surface area contributed by atoms with E-state index in [0.29, 0.717) is 12.6 Å². The molecule has 0 aliphatic carbocycles. The van der Waals surface area contributed by atoms with Gasteiger partial charge in [0.05, 0.1) is 18.3 Å². The van der Waals surface area contributed by atoms with Gasteiger partial charge in [0, 0.05) is 59.9 Å². The van der Waals surface area contributed by atoms with Crippen molar-refractivity contribution < 1.29 is 9.47 Å². The predicted molar refractivity (Wildman–Crippen MR) is 119 cm³/mol. The van der Waals surface area contributed by atoms with E-state index in [4.69, 9.17) is 9.47 Å². The Labute approximate surface area is 178 Å². The summed E-state index contributed by atoms with van der Waals surface area (Å²) in [4.78, 5) is 13.3. The number of methoxy groups -OCH3 is 1. The van der Waals surface area contributed by atoms with Crippen LogP contribution in [0.3, 0.4) is 0 Å². The summed E-state index contributed by atoms with van der Waals surface area (Å²) in [7, 11) is 7.58. The molecule has 0 unspecified atom stereocenters. The number of ether oxygens (including phenoxy) is 2. The number of hydrogen-bond donors (Lipinski definition) is 1. The van der Waals surface area contributed by atoms with Crippen molar-refractivity contribution in [3.05, 3.63) is 11.1 Å². The molecule has 150 valence electrons. The Hall–Kier alpha value is -0.650. The van der Waals surface area contributed by atoms with Crippen molar-refractivity contribution in [1.29, 1.82) is 0 Å². The molecule has 1 saturated heterocycles. The molecule has 0 aromatic carbocycles. The fourth-order valence-electron chi connectivity index (χ4n) is 2.77. The molecule has 2 rings (SSSR count). The van der Waals surface area contributed by atoms with Crippen LogP contribution in [0.5, 0.6) is 0 Å². The van der Waals surface area contributed by atoms with Gasteiger partial charge in [-0.05, 0) is 19.3 Å². The lowest BCUT2D eigenvalue weighted by molar-refractivity contribution is 0.00989. The number of rotatable bonds is 8. The first-order valence-corrected chi connectivity index (χ1v) is 9.70. The summed E-state index contributed by atoms with van der Waals surface area (Å²) in [5.41, 5.74) is 1.05. The first-order chi connectivity index (χ1) is 12.1. The average Bonchev–Trinajstić information content (AvgIpc) is 3.10. The van der Waals surface area contributed by atoms with Crippen LogP contribution in [-0.4, -0.2) is 76.5 Å². The van der Waals surface area contributed by atoms with Crippen LogP contribution in [0, 0.1) is 0 Å². The molecule has 9 heteroatoms. The summed E-state index contributed by atoms with van der Waals surface area (Å²) >= 11 is 1.66. The van der Waals surface area contributed by atoms with Gasteiger partial charge in [-0.3, -0.25) is 4.99 Å². The fourth-order valence-corrected chi connectivity index (χ4v) is 3.53. The largest absolute Gasteiger partial charge is 0.385 e. The Morgan fingerprint density at radius 1 is 1.38 bits per heavy atom. The molecule has 0 spiro atoms. The number of aromatic nitrogens is 1. The van der Waals surface area contributed by atoms with E-state index in [1.165, 1.54) is 0 Å². The Morgan fingerprint density at radius 2 is 2.12 bits per heavy atom. The summed E-state index contributed by atoms with van der Waals surface area (Å²) < 4.78 is 11.0. The lowest BCUT2D eigenvalue weighted by atomic mass is 10.1. The number of nitrogens with zero attached hydrogens (tertiary/aromatic N) is 4. The van der Waals surface area contributed by atoms with Crippen LogP contribution in [-0.2, 0) is 16.0 Å². The second-order valence-corrected chi connectivity index (χ2v) is 7.16. The Balaban J connectivity index is 0.00000338. The van der Waals surface area contributed by atoms with E-state index in [9.17, 15) is 0 Å². The maximum atomic E-state index is 5.92. The third-order valence-electron chi connectivity index (χ3n) is 4.15. The molecular formula is C17H32IN5O2S. The number of aliphatic imine (C=N–C) groups is 1. The van der Waals surface area contributed by atoms with E-state index in [1.807, 2.05) is 26.0 Å². The van der Waals surface area contributed by atoms with Crippen LogP contribution < -0.4 is 10.2 Å². The molecule has 1 aromatic rings. The number of hydrogen-bond acceptors (Lipinski definition) is 6. The number of piperidine rings is 1. The molecule has 0 atom stereocenters. The topological polar surface area (TPSA) is 62.2 Å². The molecule has 0 bridgehead atoms. The van der Waals surface area contributed by atoms with Gasteiger partial charge in [0.15, 0.2) is 11.1 Å². The number of thiazole rings is 1. The molecule has 0 saturated carbocycles. The van der Waals surface area contributed by atoms with Gasteiger partial charge in [-0.25, -0.2) is 4.98 Å². The zero-order valence-electron chi connectivity index (χ0n) is 16.2. The first-order valence-electron chi connectivity index (χ1n) is 8.82. The minimum atomic E-state index is 0. The van der Waals surface area contributed by atoms with Crippen LogP contribution in [0.2, 0.25) is 0 Å². The van der Waals surface area contributed by atoms with Gasteiger partial charge in [-0.2, -0.15) is 0 Å². The van der Waals surface area contributed by atoms with E-state index >= 15 is 0 Å². The van der Waals surface area contributed by atoms with Gasteiger partial charge in [-0.15, -0.1) is 35.3 Å². The third-order valence-corrected chi connectivity index (χ3v) is 5.21. The van der Waals surface area contributed by atoms with Crippen molar-refractivity contribution in [2.75, 3.05) is 59.5 Å². The fraction of sp³-hybridized carbons (Fsp3) is 0.765. The summed E-state index contributed by atoms with van der Waals surface area (Å²) in [6.45, 7) is 4.18. The summed E-state index contributed by atoms with van der Waals surface area (Å²) in [6, 6.07) is 0. The van der Waals surface area contributed by atoms with Gasteiger partial charge >= 0.3 is 0 Å². The molecule has 26 heavy (non-hydrogen) atoms. The summed E-state index contributed by atoms with van der Waals surface area (Å²) in [5.74, 6) is 0.942. The minimum Gasteiger partial charge on any atom is -0.385 e. The van der Waals surface area contributed by atoms with E-state index in [2.05, 4.69) is 25.6 Å². The van der Waals surface area contributed by atoms with E-state index < -0.39 is 0 Å². The van der Waals surface area contributed by atoms with Crippen molar-refractivity contribution in [2.45, 2.75) is 31.9 Å². The Kier molecular flexibility index (Phi) is 11.4. The van der Waals surface area contributed by atoms with Crippen molar-refractivity contribution in [2.24, 2.45) is 4.99 Å². The molecular weight excluding hydrogens is 465 g/mol.